The number of Topliss-reactive ketones (excluding diaryl/α,β-unsaturated/α-hetero) is 2. The van der Waals surface area contributed by atoms with Crippen molar-refractivity contribution < 1.29 is 39.9 Å². The molecule has 1 saturated carbocycles. The first-order valence-electron chi connectivity index (χ1n) is 9.06. The molecule has 1 aromatic rings. The first kappa shape index (κ1) is 20.6. The van der Waals surface area contributed by atoms with Crippen LogP contribution < -0.4 is 5.73 Å². The van der Waals surface area contributed by atoms with Crippen LogP contribution in [0.2, 0.25) is 0 Å². The van der Waals surface area contributed by atoms with Crippen molar-refractivity contribution in [3.05, 3.63) is 44.6 Å². The minimum Gasteiger partial charge on any atom is -0.508 e. The van der Waals surface area contributed by atoms with Gasteiger partial charge in [0.15, 0.2) is 11.4 Å². The molecule has 3 aliphatic carbocycles. The van der Waals surface area contributed by atoms with E-state index >= 15 is 0 Å². The number of halogens is 1. The maximum atomic E-state index is 13.4. The van der Waals surface area contributed by atoms with Crippen molar-refractivity contribution in [1.82, 2.24) is 0 Å². The average Bonchev–Trinajstić information content (AvgIpc) is 2.64. The largest absolute Gasteiger partial charge is 0.508 e. The Morgan fingerprint density at radius 2 is 1.83 bits per heavy atom. The summed E-state index contributed by atoms with van der Waals surface area (Å²) >= 11 is 3.28. The molecule has 1 amide bonds. The van der Waals surface area contributed by atoms with E-state index in [1.54, 1.807) is 0 Å². The molecular formula is C20H18BrNO8. The molecule has 1 unspecified atom stereocenters. The number of rotatable bonds is 1. The Labute approximate surface area is 178 Å². The van der Waals surface area contributed by atoms with Gasteiger partial charge in [-0.2, -0.15) is 0 Å². The van der Waals surface area contributed by atoms with Gasteiger partial charge in [-0.25, -0.2) is 0 Å². The van der Waals surface area contributed by atoms with Crippen molar-refractivity contribution in [2.24, 2.45) is 17.6 Å². The monoisotopic (exact) mass is 479 g/mol. The van der Waals surface area contributed by atoms with E-state index in [2.05, 4.69) is 15.9 Å². The molecule has 1 aromatic carbocycles. The standard InChI is InChI=1S/C20H18BrNO8/c1-19(29)7-4-6-5-10(24)13(18(22)28)17(27)20(6,30)16(26)11(7)15(25)12-9(23)3-2-8(21)14(12)19/h2-3,6-7,23,25,27,29-30H,4-5H2,1H3,(H2,22,28)/t6-,7-,19?,20-/m0/s1. The highest BCUT2D eigenvalue weighted by Crippen LogP contribution is 2.57. The molecule has 3 aliphatic rings. The molecule has 0 radical (unpaired) electrons. The molecule has 158 valence electrons. The summed E-state index contributed by atoms with van der Waals surface area (Å²) in [7, 11) is 0. The van der Waals surface area contributed by atoms with Crippen LogP contribution in [0.5, 0.6) is 5.75 Å². The quantitative estimate of drug-likeness (QED) is 0.320. The van der Waals surface area contributed by atoms with Crippen LogP contribution in [0.25, 0.3) is 5.76 Å². The Balaban J connectivity index is 2.03. The number of benzene rings is 1. The van der Waals surface area contributed by atoms with Gasteiger partial charge < -0.3 is 31.3 Å². The molecular weight excluding hydrogens is 462 g/mol. The molecule has 0 aromatic heterocycles. The summed E-state index contributed by atoms with van der Waals surface area (Å²) in [5.41, 5.74) is -0.644. The summed E-state index contributed by atoms with van der Waals surface area (Å²) in [6, 6.07) is 2.72. The number of aliphatic hydroxyl groups excluding tert-OH is 2. The number of hydrogen-bond acceptors (Lipinski definition) is 8. The molecule has 1 fully saturated rings. The number of carbonyl (C=O) groups is 3. The van der Waals surface area contributed by atoms with E-state index in [0.29, 0.717) is 4.47 Å². The number of nitrogens with two attached hydrogens (primary N) is 1. The van der Waals surface area contributed by atoms with Gasteiger partial charge in [-0.3, -0.25) is 14.4 Å². The Morgan fingerprint density at radius 1 is 1.20 bits per heavy atom. The molecule has 4 rings (SSSR count). The van der Waals surface area contributed by atoms with Crippen LogP contribution in [0.1, 0.15) is 30.9 Å². The third kappa shape index (κ3) is 2.32. The van der Waals surface area contributed by atoms with Gasteiger partial charge in [-0.15, -0.1) is 0 Å². The molecule has 4 atom stereocenters. The molecule has 0 heterocycles. The van der Waals surface area contributed by atoms with Crippen LogP contribution in [0.15, 0.2) is 33.5 Å². The van der Waals surface area contributed by atoms with Crippen molar-refractivity contribution in [3.8, 4) is 5.75 Å². The number of amides is 1. The number of hydrogen-bond donors (Lipinski definition) is 6. The lowest BCUT2D eigenvalue weighted by atomic mass is 9.56. The van der Waals surface area contributed by atoms with Gasteiger partial charge in [0.05, 0.1) is 11.2 Å². The third-order valence-electron chi connectivity index (χ3n) is 6.41. The summed E-state index contributed by atoms with van der Waals surface area (Å²) in [4.78, 5) is 37.3. The molecule has 0 spiro atoms. The normalized spacial score (nSPS) is 33.2. The second kappa shape index (κ2) is 6.16. The summed E-state index contributed by atoms with van der Waals surface area (Å²) in [6.07, 6.45) is -0.628. The van der Waals surface area contributed by atoms with E-state index in [1.807, 2.05) is 0 Å². The van der Waals surface area contributed by atoms with Gasteiger partial charge in [0.25, 0.3) is 5.91 Å². The number of primary amides is 1. The Bertz CT molecular complexity index is 1120. The molecule has 0 bridgehead atoms. The topological polar surface area (TPSA) is 178 Å². The summed E-state index contributed by atoms with van der Waals surface area (Å²) in [5.74, 6) is -7.74. The van der Waals surface area contributed by atoms with Crippen LogP contribution >= 0.6 is 15.9 Å². The maximum absolute atomic E-state index is 13.4. The maximum Gasteiger partial charge on any atom is 0.255 e. The van der Waals surface area contributed by atoms with Gasteiger partial charge in [-0.05, 0) is 25.5 Å². The van der Waals surface area contributed by atoms with E-state index in [4.69, 9.17) is 5.73 Å². The van der Waals surface area contributed by atoms with Crippen LogP contribution in [0.4, 0.5) is 0 Å². The second-order valence-corrected chi connectivity index (χ2v) is 8.88. The van der Waals surface area contributed by atoms with E-state index in [-0.39, 0.29) is 17.5 Å². The van der Waals surface area contributed by atoms with Crippen molar-refractivity contribution in [1.29, 1.82) is 0 Å². The zero-order chi connectivity index (χ0) is 22.3. The highest BCUT2D eigenvalue weighted by molar-refractivity contribution is 9.10. The van der Waals surface area contributed by atoms with Crippen LogP contribution in [0.3, 0.4) is 0 Å². The van der Waals surface area contributed by atoms with Gasteiger partial charge in [0, 0.05) is 33.9 Å². The van der Waals surface area contributed by atoms with Gasteiger partial charge in [-0.1, -0.05) is 15.9 Å². The number of aromatic hydroxyl groups is 1. The molecule has 9 nitrogen and oxygen atoms in total. The first-order valence-corrected chi connectivity index (χ1v) is 9.86. The molecule has 0 aliphatic heterocycles. The zero-order valence-corrected chi connectivity index (χ0v) is 17.2. The average molecular weight is 480 g/mol. The predicted octanol–water partition coefficient (Wildman–Crippen LogP) is 0.851. The van der Waals surface area contributed by atoms with Crippen LogP contribution in [-0.4, -0.2) is 48.6 Å². The molecule has 0 saturated heterocycles. The minimum absolute atomic E-state index is 0.145. The number of fused-ring (bicyclic) bond motifs is 3. The fraction of sp³-hybridized carbons (Fsp3) is 0.350. The third-order valence-corrected chi connectivity index (χ3v) is 7.08. The molecule has 10 heteroatoms. The Kier molecular flexibility index (Phi) is 4.22. The number of ketones is 2. The van der Waals surface area contributed by atoms with E-state index in [0.717, 1.165) is 0 Å². The highest BCUT2D eigenvalue weighted by atomic mass is 79.9. The Hall–Kier alpha value is -2.69. The van der Waals surface area contributed by atoms with Gasteiger partial charge in [0.2, 0.25) is 5.78 Å². The molecule has 30 heavy (non-hydrogen) atoms. The minimum atomic E-state index is -2.67. The Morgan fingerprint density at radius 3 is 2.43 bits per heavy atom. The lowest BCUT2D eigenvalue weighted by Crippen LogP contribution is -2.60. The van der Waals surface area contributed by atoms with Crippen LogP contribution in [0, 0.1) is 11.8 Å². The fourth-order valence-electron chi connectivity index (χ4n) is 4.95. The van der Waals surface area contributed by atoms with Crippen molar-refractivity contribution in [2.75, 3.05) is 0 Å². The summed E-state index contributed by atoms with van der Waals surface area (Å²) < 4.78 is 0.373. The SMILES string of the molecule is CC1(O)c2c(Br)ccc(O)c2C(O)=C2C(=O)[C@]3(O)C(O)=C(C(N)=O)C(=O)C[C@@H]3C[C@@H]21. The molecule has 7 N–H and O–H groups in total. The van der Waals surface area contributed by atoms with Gasteiger partial charge >= 0.3 is 0 Å². The van der Waals surface area contributed by atoms with Crippen molar-refractivity contribution in [2.45, 2.75) is 31.0 Å². The van der Waals surface area contributed by atoms with E-state index in [9.17, 15) is 39.9 Å². The summed E-state index contributed by atoms with van der Waals surface area (Å²) in [5, 5.41) is 54.2. The fourth-order valence-corrected chi connectivity index (χ4v) is 5.68. The number of phenols is 1. The second-order valence-electron chi connectivity index (χ2n) is 8.02. The number of carbonyl (C=O) groups excluding carboxylic acids is 3. The van der Waals surface area contributed by atoms with E-state index in [1.165, 1.54) is 19.1 Å². The lowest BCUT2D eigenvalue weighted by molar-refractivity contribution is -0.152. The highest BCUT2D eigenvalue weighted by Gasteiger charge is 2.63. The first-order chi connectivity index (χ1) is 13.8. The summed E-state index contributed by atoms with van der Waals surface area (Å²) in [6.45, 7) is 1.39. The van der Waals surface area contributed by atoms with Crippen molar-refractivity contribution in [3.63, 3.8) is 0 Å². The van der Waals surface area contributed by atoms with Crippen LogP contribution in [-0.2, 0) is 20.0 Å². The number of phenolic OH excluding ortho intramolecular Hbond substituents is 1. The zero-order valence-electron chi connectivity index (χ0n) is 15.6. The van der Waals surface area contributed by atoms with Gasteiger partial charge in [0.1, 0.15) is 22.8 Å². The lowest BCUT2D eigenvalue weighted by Gasteiger charge is -2.50. The number of aliphatic hydroxyl groups is 4. The van der Waals surface area contributed by atoms with Crippen molar-refractivity contribution >= 4 is 39.2 Å². The van der Waals surface area contributed by atoms with E-state index < -0.39 is 75.3 Å². The smallest absolute Gasteiger partial charge is 0.255 e. The predicted molar refractivity (Wildman–Crippen MR) is 105 cm³/mol.